The molecule has 1 aliphatic heterocycles. The zero-order chi connectivity index (χ0) is 10.5. The molecule has 15 heavy (non-hydrogen) atoms. The van der Waals surface area contributed by atoms with Crippen LogP contribution in [-0.2, 0) is 14.3 Å². The standard InChI is InChI=1S/C12H14O3/c13-10-9-6-1-2-7-12(9,11(14)15-10)8-4-3-5-8/h4,9H,1-3,5-7H2. The maximum Gasteiger partial charge on any atom is 0.324 e. The number of fused-ring (bicyclic) bond motifs is 1. The van der Waals surface area contributed by atoms with E-state index in [1.807, 2.05) is 0 Å². The lowest BCUT2D eigenvalue weighted by Gasteiger charge is -2.38. The van der Waals surface area contributed by atoms with E-state index in [4.69, 9.17) is 4.74 Å². The molecule has 0 bridgehead atoms. The number of esters is 2. The number of allylic oxidation sites excluding steroid dienone is 1. The zero-order valence-corrected chi connectivity index (χ0v) is 8.62. The third kappa shape index (κ3) is 1.01. The highest BCUT2D eigenvalue weighted by molar-refractivity contribution is 6.01. The van der Waals surface area contributed by atoms with E-state index in [0.717, 1.165) is 38.5 Å². The van der Waals surface area contributed by atoms with Gasteiger partial charge >= 0.3 is 11.9 Å². The van der Waals surface area contributed by atoms with Crippen molar-refractivity contribution in [2.24, 2.45) is 11.3 Å². The van der Waals surface area contributed by atoms with Crippen LogP contribution in [0.25, 0.3) is 0 Å². The number of rotatable bonds is 1. The summed E-state index contributed by atoms with van der Waals surface area (Å²) in [5, 5.41) is 0. The van der Waals surface area contributed by atoms with Crippen molar-refractivity contribution >= 4 is 11.9 Å². The minimum Gasteiger partial charge on any atom is -0.392 e. The molecule has 2 fully saturated rings. The summed E-state index contributed by atoms with van der Waals surface area (Å²) in [4.78, 5) is 23.5. The molecule has 0 amide bonds. The van der Waals surface area contributed by atoms with Gasteiger partial charge in [0.25, 0.3) is 0 Å². The average molecular weight is 206 g/mol. The van der Waals surface area contributed by atoms with Gasteiger partial charge in [-0.2, -0.15) is 0 Å². The van der Waals surface area contributed by atoms with E-state index in [-0.39, 0.29) is 17.9 Å². The number of hydrogen-bond donors (Lipinski definition) is 0. The predicted octanol–water partition coefficient (Wildman–Crippen LogP) is 1.97. The van der Waals surface area contributed by atoms with Crippen molar-refractivity contribution < 1.29 is 14.3 Å². The van der Waals surface area contributed by atoms with Gasteiger partial charge in [0.15, 0.2) is 0 Å². The van der Waals surface area contributed by atoms with Crippen molar-refractivity contribution in [1.29, 1.82) is 0 Å². The smallest absolute Gasteiger partial charge is 0.324 e. The molecule has 1 saturated heterocycles. The van der Waals surface area contributed by atoms with E-state index >= 15 is 0 Å². The monoisotopic (exact) mass is 206 g/mol. The van der Waals surface area contributed by atoms with Gasteiger partial charge in [-0.15, -0.1) is 0 Å². The van der Waals surface area contributed by atoms with Crippen LogP contribution in [0.15, 0.2) is 11.6 Å². The number of carbonyl (C=O) groups excluding carboxylic acids is 2. The zero-order valence-electron chi connectivity index (χ0n) is 8.62. The Hall–Kier alpha value is -1.12. The molecule has 0 radical (unpaired) electrons. The van der Waals surface area contributed by atoms with Crippen LogP contribution in [0.5, 0.6) is 0 Å². The minimum absolute atomic E-state index is 0.176. The van der Waals surface area contributed by atoms with Crippen molar-refractivity contribution in [1.82, 2.24) is 0 Å². The van der Waals surface area contributed by atoms with E-state index in [2.05, 4.69) is 6.08 Å². The van der Waals surface area contributed by atoms with E-state index in [1.165, 1.54) is 5.57 Å². The number of cyclic esters (lactones) is 2. The largest absolute Gasteiger partial charge is 0.392 e. The Labute approximate surface area is 88.5 Å². The summed E-state index contributed by atoms with van der Waals surface area (Å²) in [6.45, 7) is 0. The van der Waals surface area contributed by atoms with Gasteiger partial charge in [0, 0.05) is 0 Å². The van der Waals surface area contributed by atoms with Crippen molar-refractivity contribution in [2.45, 2.75) is 38.5 Å². The predicted molar refractivity (Wildman–Crippen MR) is 52.8 cm³/mol. The SMILES string of the molecule is O=C1OC(=O)C2(C3=CCC3)CCCCC12. The minimum atomic E-state index is -0.534. The topological polar surface area (TPSA) is 43.4 Å². The molecular formula is C12H14O3. The maximum atomic E-state index is 11.9. The number of hydrogen-bond acceptors (Lipinski definition) is 3. The highest BCUT2D eigenvalue weighted by Crippen LogP contribution is 2.55. The normalized spacial score (nSPS) is 39.2. The van der Waals surface area contributed by atoms with Crippen molar-refractivity contribution in [2.75, 3.05) is 0 Å². The van der Waals surface area contributed by atoms with Crippen molar-refractivity contribution in [3.05, 3.63) is 11.6 Å². The highest BCUT2D eigenvalue weighted by atomic mass is 16.6. The van der Waals surface area contributed by atoms with Crippen LogP contribution in [0, 0.1) is 11.3 Å². The fourth-order valence-electron chi connectivity index (χ4n) is 3.20. The van der Waals surface area contributed by atoms with Crippen LogP contribution in [0.3, 0.4) is 0 Å². The molecule has 80 valence electrons. The van der Waals surface area contributed by atoms with Gasteiger partial charge in [0.1, 0.15) is 5.41 Å². The Morgan fingerprint density at radius 3 is 2.80 bits per heavy atom. The molecule has 0 spiro atoms. The Balaban J connectivity index is 2.06. The van der Waals surface area contributed by atoms with Crippen LogP contribution in [0.1, 0.15) is 38.5 Å². The molecule has 3 aliphatic rings. The molecular weight excluding hydrogens is 192 g/mol. The Morgan fingerprint density at radius 2 is 2.13 bits per heavy atom. The first-order valence-corrected chi connectivity index (χ1v) is 5.71. The number of ether oxygens (including phenoxy) is 1. The van der Waals surface area contributed by atoms with Gasteiger partial charge in [-0.25, -0.2) is 0 Å². The molecule has 3 rings (SSSR count). The van der Waals surface area contributed by atoms with Crippen LogP contribution in [-0.4, -0.2) is 11.9 Å². The second-order valence-corrected chi connectivity index (χ2v) is 4.75. The molecule has 2 aliphatic carbocycles. The molecule has 0 aromatic carbocycles. The summed E-state index contributed by atoms with van der Waals surface area (Å²) >= 11 is 0. The van der Waals surface area contributed by atoms with Gasteiger partial charge in [-0.3, -0.25) is 9.59 Å². The summed E-state index contributed by atoms with van der Waals surface area (Å²) in [5.74, 6) is -0.735. The van der Waals surface area contributed by atoms with Crippen LogP contribution in [0.4, 0.5) is 0 Å². The Kier molecular flexibility index (Phi) is 1.79. The van der Waals surface area contributed by atoms with Gasteiger partial charge in [0.2, 0.25) is 0 Å². The number of carbonyl (C=O) groups is 2. The lowest BCUT2D eigenvalue weighted by atomic mass is 9.60. The molecule has 1 heterocycles. The quantitative estimate of drug-likeness (QED) is 0.374. The van der Waals surface area contributed by atoms with E-state index < -0.39 is 5.41 Å². The summed E-state index contributed by atoms with van der Waals surface area (Å²) in [6.07, 6.45) is 7.84. The van der Waals surface area contributed by atoms with E-state index in [9.17, 15) is 9.59 Å². The fourth-order valence-corrected chi connectivity index (χ4v) is 3.20. The average Bonchev–Trinajstić information content (AvgIpc) is 2.38. The first kappa shape index (κ1) is 9.13. The third-order valence-electron chi connectivity index (χ3n) is 4.13. The molecule has 2 atom stereocenters. The van der Waals surface area contributed by atoms with Crippen molar-refractivity contribution in [3.8, 4) is 0 Å². The molecule has 1 saturated carbocycles. The molecule has 0 aromatic heterocycles. The van der Waals surface area contributed by atoms with Crippen LogP contribution in [0.2, 0.25) is 0 Å². The molecule has 0 aromatic rings. The van der Waals surface area contributed by atoms with E-state index in [1.54, 1.807) is 0 Å². The first-order valence-electron chi connectivity index (χ1n) is 5.71. The molecule has 2 unspecified atom stereocenters. The summed E-state index contributed by atoms with van der Waals surface area (Å²) < 4.78 is 4.85. The van der Waals surface area contributed by atoms with E-state index in [0.29, 0.717) is 0 Å². The lowest BCUT2D eigenvalue weighted by molar-refractivity contribution is -0.154. The second-order valence-electron chi connectivity index (χ2n) is 4.75. The summed E-state index contributed by atoms with van der Waals surface area (Å²) in [5.41, 5.74) is 0.635. The summed E-state index contributed by atoms with van der Waals surface area (Å²) in [7, 11) is 0. The van der Waals surface area contributed by atoms with Crippen molar-refractivity contribution in [3.63, 3.8) is 0 Å². The Morgan fingerprint density at radius 1 is 1.33 bits per heavy atom. The fraction of sp³-hybridized carbons (Fsp3) is 0.667. The van der Waals surface area contributed by atoms with Gasteiger partial charge in [-0.05, 0) is 25.7 Å². The van der Waals surface area contributed by atoms with Crippen LogP contribution < -0.4 is 0 Å². The van der Waals surface area contributed by atoms with Gasteiger partial charge < -0.3 is 4.74 Å². The molecule has 3 heteroatoms. The highest BCUT2D eigenvalue weighted by Gasteiger charge is 2.60. The van der Waals surface area contributed by atoms with Crippen LogP contribution >= 0.6 is 0 Å². The summed E-state index contributed by atoms with van der Waals surface area (Å²) in [6, 6.07) is 0. The maximum absolute atomic E-state index is 11.9. The second kappa shape index (κ2) is 2.94. The van der Waals surface area contributed by atoms with Gasteiger partial charge in [-0.1, -0.05) is 24.5 Å². The lowest BCUT2D eigenvalue weighted by Crippen LogP contribution is -2.40. The molecule has 0 N–H and O–H groups in total. The molecule has 3 nitrogen and oxygen atoms in total. The van der Waals surface area contributed by atoms with Gasteiger partial charge in [0.05, 0.1) is 5.92 Å². The first-order chi connectivity index (χ1) is 7.25. The third-order valence-corrected chi connectivity index (χ3v) is 4.13. The Bertz CT molecular complexity index is 369.